The molecule has 0 amide bonds. The SMILES string of the molecule is Cc1ccc(Cc2cc3c(oc2=O)CC(C)(C)CC3=O)cc1C. The maximum absolute atomic E-state index is 12.4. The summed E-state index contributed by atoms with van der Waals surface area (Å²) in [6, 6.07) is 7.90. The summed E-state index contributed by atoms with van der Waals surface area (Å²) in [5, 5.41) is 0. The summed E-state index contributed by atoms with van der Waals surface area (Å²) in [4.78, 5) is 24.6. The number of ketones is 1. The van der Waals surface area contributed by atoms with Crippen LogP contribution in [0.5, 0.6) is 0 Å². The van der Waals surface area contributed by atoms with Crippen molar-refractivity contribution in [3.63, 3.8) is 0 Å². The molecule has 0 bridgehead atoms. The Hall–Kier alpha value is -2.16. The first-order valence-electron chi connectivity index (χ1n) is 8.00. The van der Waals surface area contributed by atoms with E-state index >= 15 is 0 Å². The topological polar surface area (TPSA) is 47.3 Å². The molecule has 3 rings (SSSR count). The van der Waals surface area contributed by atoms with Gasteiger partial charge in [0.05, 0.1) is 5.56 Å². The summed E-state index contributed by atoms with van der Waals surface area (Å²) in [7, 11) is 0. The fourth-order valence-electron chi connectivity index (χ4n) is 3.20. The van der Waals surface area contributed by atoms with E-state index in [1.165, 1.54) is 11.1 Å². The Balaban J connectivity index is 1.99. The minimum absolute atomic E-state index is 0.0707. The normalized spacial score (nSPS) is 16.3. The molecule has 0 unspecified atom stereocenters. The maximum Gasteiger partial charge on any atom is 0.339 e. The number of hydrogen-bond donors (Lipinski definition) is 0. The van der Waals surface area contributed by atoms with Crippen LogP contribution in [0.25, 0.3) is 0 Å². The standard InChI is InChI=1S/C20H22O3/c1-12-5-6-14(7-13(12)2)8-15-9-16-17(21)10-20(3,4)11-18(16)23-19(15)22/h5-7,9H,8,10-11H2,1-4H3. The Labute approximate surface area is 136 Å². The second-order valence-electron chi connectivity index (χ2n) is 7.43. The van der Waals surface area contributed by atoms with Crippen molar-refractivity contribution in [3.8, 4) is 0 Å². The Morgan fingerprint density at radius 1 is 1.04 bits per heavy atom. The lowest BCUT2D eigenvalue weighted by atomic mass is 9.76. The highest BCUT2D eigenvalue weighted by atomic mass is 16.4. The molecule has 3 heteroatoms. The molecule has 0 aliphatic heterocycles. The van der Waals surface area contributed by atoms with Gasteiger partial charge < -0.3 is 4.42 Å². The fourth-order valence-corrected chi connectivity index (χ4v) is 3.20. The molecule has 120 valence electrons. The van der Waals surface area contributed by atoms with Crippen molar-refractivity contribution in [1.29, 1.82) is 0 Å². The Morgan fingerprint density at radius 2 is 1.78 bits per heavy atom. The summed E-state index contributed by atoms with van der Waals surface area (Å²) in [5.74, 6) is 0.612. The van der Waals surface area contributed by atoms with E-state index in [0.717, 1.165) is 5.56 Å². The van der Waals surface area contributed by atoms with Gasteiger partial charge in [0.2, 0.25) is 0 Å². The van der Waals surface area contributed by atoms with Crippen LogP contribution in [0, 0.1) is 19.3 Å². The lowest BCUT2D eigenvalue weighted by Crippen LogP contribution is -2.29. The second kappa shape index (κ2) is 5.48. The van der Waals surface area contributed by atoms with E-state index in [1.54, 1.807) is 6.07 Å². The highest BCUT2D eigenvalue weighted by Crippen LogP contribution is 2.34. The molecule has 1 aliphatic carbocycles. The molecule has 1 aromatic carbocycles. The van der Waals surface area contributed by atoms with E-state index in [2.05, 4.69) is 26.0 Å². The molecular weight excluding hydrogens is 288 g/mol. The van der Waals surface area contributed by atoms with Crippen LogP contribution in [-0.4, -0.2) is 5.78 Å². The van der Waals surface area contributed by atoms with Crippen molar-refractivity contribution in [2.75, 3.05) is 0 Å². The van der Waals surface area contributed by atoms with Gasteiger partial charge in [0.25, 0.3) is 0 Å². The molecule has 0 saturated heterocycles. The third kappa shape index (κ3) is 3.14. The molecule has 1 heterocycles. The van der Waals surface area contributed by atoms with Crippen LogP contribution in [0.3, 0.4) is 0 Å². The molecular formula is C20H22O3. The van der Waals surface area contributed by atoms with E-state index in [4.69, 9.17) is 4.42 Å². The van der Waals surface area contributed by atoms with Crippen LogP contribution in [0.4, 0.5) is 0 Å². The van der Waals surface area contributed by atoms with Gasteiger partial charge in [0, 0.05) is 24.8 Å². The zero-order valence-corrected chi connectivity index (χ0v) is 14.2. The fraction of sp³-hybridized carbons (Fsp3) is 0.400. The summed E-state index contributed by atoms with van der Waals surface area (Å²) < 4.78 is 5.49. The van der Waals surface area contributed by atoms with Crippen LogP contribution < -0.4 is 5.63 Å². The van der Waals surface area contributed by atoms with Gasteiger partial charge in [0.15, 0.2) is 5.78 Å². The number of fused-ring (bicyclic) bond motifs is 1. The Kier molecular flexibility index (Phi) is 3.75. The average molecular weight is 310 g/mol. The van der Waals surface area contributed by atoms with E-state index in [-0.39, 0.29) is 16.8 Å². The molecule has 0 saturated carbocycles. The van der Waals surface area contributed by atoms with Crippen LogP contribution in [-0.2, 0) is 12.8 Å². The van der Waals surface area contributed by atoms with Gasteiger partial charge in [-0.3, -0.25) is 4.79 Å². The van der Waals surface area contributed by atoms with Crippen molar-refractivity contribution < 1.29 is 9.21 Å². The molecule has 1 aliphatic rings. The van der Waals surface area contributed by atoms with Gasteiger partial charge in [0.1, 0.15) is 5.76 Å². The van der Waals surface area contributed by atoms with Crippen molar-refractivity contribution in [3.05, 3.63) is 68.3 Å². The van der Waals surface area contributed by atoms with Gasteiger partial charge in [-0.2, -0.15) is 0 Å². The average Bonchev–Trinajstić information content (AvgIpc) is 2.43. The number of aryl methyl sites for hydroxylation is 2. The van der Waals surface area contributed by atoms with Crippen molar-refractivity contribution in [1.82, 2.24) is 0 Å². The summed E-state index contributed by atoms with van der Waals surface area (Å²) >= 11 is 0. The zero-order chi connectivity index (χ0) is 16.8. The third-order valence-electron chi connectivity index (χ3n) is 4.64. The summed E-state index contributed by atoms with van der Waals surface area (Å²) in [5.41, 5.74) is 4.15. The molecule has 23 heavy (non-hydrogen) atoms. The van der Waals surface area contributed by atoms with Crippen LogP contribution in [0.1, 0.15) is 58.6 Å². The van der Waals surface area contributed by atoms with Crippen LogP contribution in [0.2, 0.25) is 0 Å². The largest absolute Gasteiger partial charge is 0.427 e. The number of rotatable bonds is 2. The Morgan fingerprint density at radius 3 is 2.48 bits per heavy atom. The molecule has 0 atom stereocenters. The quantitative estimate of drug-likeness (QED) is 0.842. The predicted octanol–water partition coefficient (Wildman–Crippen LogP) is 4.00. The van der Waals surface area contributed by atoms with Gasteiger partial charge in [-0.1, -0.05) is 32.0 Å². The lowest BCUT2D eigenvalue weighted by molar-refractivity contribution is 0.0897. The number of hydrogen-bond acceptors (Lipinski definition) is 3. The van der Waals surface area contributed by atoms with Gasteiger partial charge in [-0.05, 0) is 42.0 Å². The molecule has 0 radical (unpaired) electrons. The Bertz CT molecular complexity index is 840. The predicted molar refractivity (Wildman–Crippen MR) is 90.1 cm³/mol. The first-order valence-corrected chi connectivity index (χ1v) is 8.00. The summed E-state index contributed by atoms with van der Waals surface area (Å²) in [6.07, 6.45) is 1.62. The molecule has 2 aromatic rings. The van der Waals surface area contributed by atoms with E-state index in [0.29, 0.717) is 36.1 Å². The maximum atomic E-state index is 12.4. The number of carbonyl (C=O) groups is 1. The van der Waals surface area contributed by atoms with E-state index in [9.17, 15) is 9.59 Å². The molecule has 0 fully saturated rings. The van der Waals surface area contributed by atoms with Gasteiger partial charge in [-0.25, -0.2) is 4.79 Å². The minimum Gasteiger partial charge on any atom is -0.427 e. The first-order chi connectivity index (χ1) is 10.7. The van der Waals surface area contributed by atoms with Gasteiger partial charge in [-0.15, -0.1) is 0 Å². The second-order valence-corrected chi connectivity index (χ2v) is 7.43. The first kappa shape index (κ1) is 15.7. The minimum atomic E-state index is -0.326. The number of Topliss-reactive ketones (excluding diaryl/α,β-unsaturated/α-hetero) is 1. The number of carbonyl (C=O) groups excluding carboxylic acids is 1. The molecule has 0 N–H and O–H groups in total. The van der Waals surface area contributed by atoms with Crippen molar-refractivity contribution >= 4 is 5.78 Å². The molecule has 1 aromatic heterocycles. The summed E-state index contributed by atoms with van der Waals surface area (Å²) in [6.45, 7) is 8.17. The smallest absolute Gasteiger partial charge is 0.339 e. The van der Waals surface area contributed by atoms with Gasteiger partial charge >= 0.3 is 5.63 Å². The molecule has 0 spiro atoms. The van der Waals surface area contributed by atoms with E-state index in [1.807, 2.05) is 19.9 Å². The zero-order valence-electron chi connectivity index (χ0n) is 14.2. The third-order valence-corrected chi connectivity index (χ3v) is 4.64. The monoisotopic (exact) mass is 310 g/mol. The lowest BCUT2D eigenvalue weighted by Gasteiger charge is -2.28. The van der Waals surface area contributed by atoms with Crippen LogP contribution in [0.15, 0.2) is 33.5 Å². The highest BCUT2D eigenvalue weighted by Gasteiger charge is 2.33. The highest BCUT2D eigenvalue weighted by molar-refractivity contribution is 5.98. The number of benzene rings is 1. The van der Waals surface area contributed by atoms with E-state index < -0.39 is 0 Å². The van der Waals surface area contributed by atoms with Crippen molar-refractivity contribution in [2.24, 2.45) is 5.41 Å². The van der Waals surface area contributed by atoms with Crippen LogP contribution >= 0.6 is 0 Å². The molecule has 3 nitrogen and oxygen atoms in total. The van der Waals surface area contributed by atoms with Crippen molar-refractivity contribution in [2.45, 2.75) is 47.0 Å².